The smallest absolute Gasteiger partial charge is 0.136 e. The van der Waals surface area contributed by atoms with Gasteiger partial charge >= 0.3 is 0 Å². The van der Waals surface area contributed by atoms with Crippen LogP contribution in [0.15, 0.2) is 30.5 Å². The van der Waals surface area contributed by atoms with E-state index in [2.05, 4.69) is 33.6 Å². The lowest BCUT2D eigenvalue weighted by atomic mass is 10.2. The zero-order chi connectivity index (χ0) is 8.55. The predicted molar refractivity (Wildman–Crippen MR) is 59.5 cm³/mol. The van der Waals surface area contributed by atoms with Gasteiger partial charge in [0.15, 0.2) is 0 Å². The van der Waals surface area contributed by atoms with Gasteiger partial charge in [-0.15, -0.1) is 0 Å². The second kappa shape index (κ2) is 3.18. The molecule has 0 radical (unpaired) electrons. The van der Waals surface area contributed by atoms with E-state index in [1.165, 1.54) is 3.57 Å². The van der Waals surface area contributed by atoms with Gasteiger partial charge in [0.25, 0.3) is 0 Å². The van der Waals surface area contributed by atoms with Crippen molar-refractivity contribution in [3.8, 4) is 0 Å². The Kier molecular flexibility index (Phi) is 2.19. The van der Waals surface area contributed by atoms with Gasteiger partial charge in [-0.1, -0.05) is 23.7 Å². The summed E-state index contributed by atoms with van der Waals surface area (Å²) in [5.41, 5.74) is 0. The molecule has 3 heteroatoms. The molecular formula is C9H5ClIN. The van der Waals surface area contributed by atoms with Crippen molar-refractivity contribution in [3.05, 3.63) is 39.2 Å². The van der Waals surface area contributed by atoms with Gasteiger partial charge in [-0.05, 0) is 40.1 Å². The minimum atomic E-state index is 0.575. The van der Waals surface area contributed by atoms with E-state index < -0.39 is 0 Å². The maximum absolute atomic E-state index is 5.91. The molecule has 2 aromatic rings. The Bertz CT molecular complexity index is 387. The van der Waals surface area contributed by atoms with Crippen LogP contribution in [0.5, 0.6) is 0 Å². The lowest BCUT2D eigenvalue weighted by Crippen LogP contribution is -1.80. The highest BCUT2D eigenvalue weighted by atomic mass is 127. The molecule has 0 atom stereocenters. The molecule has 1 heterocycles. The fourth-order valence-corrected chi connectivity index (χ4v) is 2.03. The van der Waals surface area contributed by atoms with E-state index in [0.717, 1.165) is 10.8 Å². The molecule has 1 aromatic heterocycles. The summed E-state index contributed by atoms with van der Waals surface area (Å²) in [4.78, 5) is 4.01. The van der Waals surface area contributed by atoms with Crippen molar-refractivity contribution < 1.29 is 0 Å². The predicted octanol–water partition coefficient (Wildman–Crippen LogP) is 3.49. The normalized spacial score (nSPS) is 10.5. The number of aromatic nitrogens is 1. The lowest BCUT2D eigenvalue weighted by molar-refractivity contribution is 1.36. The molecule has 0 fully saturated rings. The Balaban J connectivity index is 2.94. The van der Waals surface area contributed by atoms with E-state index in [9.17, 15) is 0 Å². The van der Waals surface area contributed by atoms with Gasteiger partial charge in [0, 0.05) is 15.2 Å². The third-order valence-corrected chi connectivity index (χ3v) is 2.95. The fraction of sp³-hybridized carbons (Fsp3) is 0. The zero-order valence-electron chi connectivity index (χ0n) is 6.09. The van der Waals surface area contributed by atoms with E-state index in [-0.39, 0.29) is 0 Å². The Labute approximate surface area is 88.9 Å². The van der Waals surface area contributed by atoms with Crippen LogP contribution >= 0.6 is 34.2 Å². The van der Waals surface area contributed by atoms with Gasteiger partial charge in [-0.3, -0.25) is 0 Å². The van der Waals surface area contributed by atoms with E-state index in [0.29, 0.717) is 5.15 Å². The Morgan fingerprint density at radius 1 is 1.17 bits per heavy atom. The Morgan fingerprint density at radius 2 is 2.00 bits per heavy atom. The van der Waals surface area contributed by atoms with Gasteiger partial charge in [-0.25, -0.2) is 4.98 Å². The average molecular weight is 290 g/mol. The number of halogens is 2. The van der Waals surface area contributed by atoms with Gasteiger partial charge < -0.3 is 0 Å². The van der Waals surface area contributed by atoms with Crippen LogP contribution in [0.3, 0.4) is 0 Å². The maximum atomic E-state index is 5.91. The number of nitrogens with zero attached hydrogens (tertiary/aromatic N) is 1. The van der Waals surface area contributed by atoms with E-state index in [4.69, 9.17) is 11.6 Å². The second-order valence-electron chi connectivity index (χ2n) is 2.44. The number of hydrogen-bond donors (Lipinski definition) is 0. The van der Waals surface area contributed by atoms with Crippen LogP contribution in [-0.4, -0.2) is 4.98 Å². The Morgan fingerprint density at radius 3 is 2.75 bits per heavy atom. The first-order chi connectivity index (χ1) is 5.79. The van der Waals surface area contributed by atoms with Crippen LogP contribution in [0, 0.1) is 3.57 Å². The number of rotatable bonds is 0. The molecule has 1 nitrogen and oxygen atoms in total. The molecule has 0 spiro atoms. The van der Waals surface area contributed by atoms with Crippen LogP contribution in [0.1, 0.15) is 0 Å². The monoisotopic (exact) mass is 289 g/mol. The first-order valence-corrected chi connectivity index (χ1v) is 4.93. The summed E-state index contributed by atoms with van der Waals surface area (Å²) in [5, 5.41) is 2.76. The molecule has 0 amide bonds. The highest BCUT2D eigenvalue weighted by molar-refractivity contribution is 14.1. The molecule has 0 saturated carbocycles. The van der Waals surface area contributed by atoms with Gasteiger partial charge in [-0.2, -0.15) is 0 Å². The van der Waals surface area contributed by atoms with E-state index >= 15 is 0 Å². The summed E-state index contributed by atoms with van der Waals surface area (Å²) in [7, 11) is 0. The van der Waals surface area contributed by atoms with Crippen LogP contribution in [0.2, 0.25) is 5.15 Å². The summed E-state index contributed by atoms with van der Waals surface area (Å²) in [6.45, 7) is 0. The van der Waals surface area contributed by atoms with Crippen molar-refractivity contribution >= 4 is 45.0 Å². The van der Waals surface area contributed by atoms with Crippen LogP contribution in [0.4, 0.5) is 0 Å². The molecule has 2 rings (SSSR count). The summed E-state index contributed by atoms with van der Waals surface area (Å²) < 4.78 is 1.20. The third-order valence-electron chi connectivity index (χ3n) is 1.70. The molecule has 60 valence electrons. The first-order valence-electron chi connectivity index (χ1n) is 3.48. The second-order valence-corrected chi connectivity index (χ2v) is 3.96. The van der Waals surface area contributed by atoms with Gasteiger partial charge in [0.05, 0.1) is 0 Å². The molecule has 12 heavy (non-hydrogen) atoms. The molecule has 0 aliphatic heterocycles. The van der Waals surface area contributed by atoms with Crippen molar-refractivity contribution in [1.82, 2.24) is 4.98 Å². The van der Waals surface area contributed by atoms with Crippen LogP contribution in [-0.2, 0) is 0 Å². The molecule has 0 aliphatic carbocycles. The first kappa shape index (κ1) is 8.26. The largest absolute Gasteiger partial charge is 0.244 e. The maximum Gasteiger partial charge on any atom is 0.136 e. The number of pyridine rings is 1. The number of hydrogen-bond acceptors (Lipinski definition) is 1. The van der Waals surface area contributed by atoms with Gasteiger partial charge in [0.2, 0.25) is 0 Å². The summed E-state index contributed by atoms with van der Waals surface area (Å²) in [6.07, 6.45) is 1.73. The van der Waals surface area contributed by atoms with Crippen LogP contribution in [0.25, 0.3) is 10.8 Å². The quantitative estimate of drug-likeness (QED) is 0.534. The molecule has 0 aliphatic rings. The van der Waals surface area contributed by atoms with Crippen LogP contribution < -0.4 is 0 Å². The van der Waals surface area contributed by atoms with E-state index in [1.807, 2.05) is 18.2 Å². The lowest BCUT2D eigenvalue weighted by Gasteiger charge is -2.00. The fourth-order valence-electron chi connectivity index (χ4n) is 1.13. The van der Waals surface area contributed by atoms with Crippen molar-refractivity contribution in [2.24, 2.45) is 0 Å². The topological polar surface area (TPSA) is 12.9 Å². The van der Waals surface area contributed by atoms with Gasteiger partial charge in [0.1, 0.15) is 5.15 Å². The SMILES string of the molecule is Clc1nccc2c(I)cccc12. The van der Waals surface area contributed by atoms with Crippen molar-refractivity contribution in [1.29, 1.82) is 0 Å². The summed E-state index contributed by atoms with van der Waals surface area (Å²) in [6, 6.07) is 7.99. The molecule has 0 saturated heterocycles. The molecular weight excluding hydrogens is 284 g/mol. The summed E-state index contributed by atoms with van der Waals surface area (Å²) in [5.74, 6) is 0. The molecule has 0 bridgehead atoms. The molecule has 1 aromatic carbocycles. The van der Waals surface area contributed by atoms with Crippen molar-refractivity contribution in [3.63, 3.8) is 0 Å². The zero-order valence-corrected chi connectivity index (χ0v) is 9.00. The number of benzene rings is 1. The standard InChI is InChI=1S/C9H5ClIN/c10-9-7-2-1-3-8(11)6(7)4-5-12-9/h1-5H. The minimum absolute atomic E-state index is 0.575. The third kappa shape index (κ3) is 1.29. The highest BCUT2D eigenvalue weighted by Gasteiger charge is 2.00. The van der Waals surface area contributed by atoms with Crippen molar-refractivity contribution in [2.75, 3.05) is 0 Å². The average Bonchev–Trinajstić information content (AvgIpc) is 2.07. The minimum Gasteiger partial charge on any atom is -0.244 e. The highest BCUT2D eigenvalue weighted by Crippen LogP contribution is 2.24. The number of fused-ring (bicyclic) bond motifs is 1. The van der Waals surface area contributed by atoms with Crippen molar-refractivity contribution in [2.45, 2.75) is 0 Å². The molecule has 0 N–H and O–H groups in total. The summed E-state index contributed by atoms with van der Waals surface area (Å²) >= 11 is 8.20. The molecule has 0 unspecified atom stereocenters. The van der Waals surface area contributed by atoms with E-state index in [1.54, 1.807) is 6.20 Å². The Hall–Kier alpha value is -0.350.